The molecule has 4 aromatic heterocycles. The number of aromatic nitrogens is 4. The molecule has 1 amide bonds. The third kappa shape index (κ3) is 6.85. The summed E-state index contributed by atoms with van der Waals surface area (Å²) < 4.78 is 2.16. The third-order valence-electron chi connectivity index (χ3n) is 7.77. The monoisotopic (exact) mass is 557 g/mol. The van der Waals surface area contributed by atoms with E-state index >= 15 is 0 Å². The van der Waals surface area contributed by atoms with E-state index in [2.05, 4.69) is 82.9 Å². The zero-order valence-corrected chi connectivity index (χ0v) is 25.0. The van der Waals surface area contributed by atoms with Gasteiger partial charge in [-0.05, 0) is 67.3 Å². The zero-order chi connectivity index (χ0) is 29.5. The predicted octanol–water partition coefficient (Wildman–Crippen LogP) is 4.30. The van der Waals surface area contributed by atoms with Gasteiger partial charge in [-0.1, -0.05) is 34.1 Å². The number of carbonyl (C=O) groups excluding carboxylic acids is 1. The Morgan fingerprint density at radius 1 is 1.05 bits per heavy atom. The second-order valence-electron chi connectivity index (χ2n) is 10.9. The summed E-state index contributed by atoms with van der Waals surface area (Å²) in [6.07, 6.45) is 6.59. The Morgan fingerprint density at radius 2 is 1.78 bits per heavy atom. The number of primary amides is 1. The van der Waals surface area contributed by atoms with Crippen molar-refractivity contribution in [3.05, 3.63) is 81.4 Å². The van der Waals surface area contributed by atoms with Crippen LogP contribution in [0.25, 0.3) is 16.6 Å². The van der Waals surface area contributed by atoms with Crippen molar-refractivity contribution in [1.82, 2.24) is 24.3 Å². The molecule has 0 bridgehead atoms. The number of nitrogens with two attached hydrogens (primary N) is 1. The molecule has 0 radical (unpaired) electrons. The number of nitrogens with one attached hydrogen (secondary N) is 1. The standard InChI is InChI=1S/C31H40N6O.CH3NO/c1-6-8-23-15-22(5)34-31(38)27(23)18-26-16-25(17-28-30(21(3)4)33-20-37(26)28)24-9-10-29(32-19-24)36-13-11-35(7-2)12-14-36;2-1-3/h9-10,15-17,19-21H,6-8,11-14,18H2,1-5H3,(H,34,38);1H,(H2,2,3). The Balaban J connectivity index is 0.00000124. The first kappa shape index (κ1) is 30.0. The molecule has 0 atom stereocenters. The minimum absolute atomic E-state index is 0.00499. The summed E-state index contributed by atoms with van der Waals surface area (Å²) in [6, 6.07) is 10.9. The van der Waals surface area contributed by atoms with Crippen LogP contribution in [0.3, 0.4) is 0 Å². The summed E-state index contributed by atoms with van der Waals surface area (Å²) in [4.78, 5) is 39.2. The van der Waals surface area contributed by atoms with Gasteiger partial charge in [-0.15, -0.1) is 0 Å². The second-order valence-corrected chi connectivity index (χ2v) is 10.9. The van der Waals surface area contributed by atoms with Gasteiger partial charge in [0.25, 0.3) is 5.56 Å². The highest BCUT2D eigenvalue weighted by atomic mass is 16.1. The van der Waals surface area contributed by atoms with E-state index in [0.29, 0.717) is 12.3 Å². The smallest absolute Gasteiger partial charge is 0.251 e. The van der Waals surface area contributed by atoms with Crippen molar-refractivity contribution in [1.29, 1.82) is 0 Å². The van der Waals surface area contributed by atoms with Crippen LogP contribution in [0.1, 0.15) is 68.2 Å². The largest absolute Gasteiger partial charge is 0.372 e. The molecule has 1 aliphatic rings. The van der Waals surface area contributed by atoms with Crippen LogP contribution in [-0.2, 0) is 17.6 Å². The molecule has 9 heteroatoms. The molecule has 0 spiro atoms. The van der Waals surface area contributed by atoms with Crippen LogP contribution in [0.5, 0.6) is 0 Å². The topological polar surface area (TPSA) is 113 Å². The van der Waals surface area contributed by atoms with E-state index in [1.54, 1.807) is 0 Å². The molecule has 0 aliphatic carbocycles. The first-order chi connectivity index (χ1) is 19.8. The number of H-pyrrole nitrogens is 1. The SMILES string of the molecule is CCCc1cc(C)[nH]c(=O)c1Cc1cc(-c2ccc(N3CCN(CC)CC3)nc2)cc2c(C(C)C)ncn12.NC=O. The number of rotatable bonds is 8. The number of amides is 1. The highest BCUT2D eigenvalue weighted by Crippen LogP contribution is 2.29. The minimum Gasteiger partial charge on any atom is -0.372 e. The normalized spacial score (nSPS) is 13.9. The van der Waals surface area contributed by atoms with Crippen molar-refractivity contribution >= 4 is 17.7 Å². The summed E-state index contributed by atoms with van der Waals surface area (Å²) in [7, 11) is 0. The molecule has 0 unspecified atom stereocenters. The number of likely N-dealkylation sites (N-methyl/N-ethyl adjacent to an activating group) is 1. The number of anilines is 1. The van der Waals surface area contributed by atoms with Crippen LogP contribution in [0.2, 0.25) is 0 Å². The first-order valence-corrected chi connectivity index (χ1v) is 14.6. The molecule has 5 heterocycles. The average molecular weight is 558 g/mol. The van der Waals surface area contributed by atoms with Crippen molar-refractivity contribution < 1.29 is 4.79 Å². The summed E-state index contributed by atoms with van der Waals surface area (Å²) in [5.41, 5.74) is 12.5. The van der Waals surface area contributed by atoms with E-state index in [1.165, 1.54) is 0 Å². The van der Waals surface area contributed by atoms with Gasteiger partial charge in [0.1, 0.15) is 5.82 Å². The molecule has 9 nitrogen and oxygen atoms in total. The summed E-state index contributed by atoms with van der Waals surface area (Å²) in [6.45, 7) is 16.0. The van der Waals surface area contributed by atoms with Gasteiger partial charge in [0.05, 0.1) is 17.5 Å². The van der Waals surface area contributed by atoms with Gasteiger partial charge in [0.15, 0.2) is 0 Å². The van der Waals surface area contributed by atoms with Crippen LogP contribution in [0.15, 0.2) is 47.7 Å². The Kier molecular flexibility index (Phi) is 9.94. The molecule has 1 aliphatic heterocycles. The fourth-order valence-corrected chi connectivity index (χ4v) is 5.62. The summed E-state index contributed by atoms with van der Waals surface area (Å²) >= 11 is 0. The lowest BCUT2D eigenvalue weighted by Gasteiger charge is -2.34. The van der Waals surface area contributed by atoms with E-state index < -0.39 is 0 Å². The van der Waals surface area contributed by atoms with Gasteiger partial charge in [0, 0.05) is 61.3 Å². The fraction of sp³-hybridized carbons (Fsp3) is 0.438. The van der Waals surface area contributed by atoms with Crippen LogP contribution in [0.4, 0.5) is 5.82 Å². The number of nitrogens with zero attached hydrogens (tertiary/aromatic N) is 5. The van der Waals surface area contributed by atoms with Crippen LogP contribution in [0, 0.1) is 6.92 Å². The first-order valence-electron chi connectivity index (χ1n) is 14.6. The number of carbonyl (C=O) groups is 1. The summed E-state index contributed by atoms with van der Waals surface area (Å²) in [5.74, 6) is 1.33. The lowest BCUT2D eigenvalue weighted by atomic mass is 9.98. The number of hydrogen-bond donors (Lipinski definition) is 2. The Hall–Kier alpha value is -3.98. The molecule has 4 aromatic rings. The maximum Gasteiger partial charge on any atom is 0.251 e. The molecule has 5 rings (SSSR count). The van der Waals surface area contributed by atoms with E-state index in [0.717, 1.165) is 96.2 Å². The Morgan fingerprint density at radius 3 is 2.39 bits per heavy atom. The number of hydrogen-bond acceptors (Lipinski definition) is 6. The average Bonchev–Trinajstić information content (AvgIpc) is 3.40. The number of fused-ring (bicyclic) bond motifs is 1. The maximum absolute atomic E-state index is 13.1. The molecule has 1 saturated heterocycles. The second kappa shape index (κ2) is 13.6. The maximum atomic E-state index is 13.1. The highest BCUT2D eigenvalue weighted by Gasteiger charge is 2.19. The molecule has 41 heavy (non-hydrogen) atoms. The number of imidazole rings is 1. The van der Waals surface area contributed by atoms with E-state index in [4.69, 9.17) is 14.8 Å². The van der Waals surface area contributed by atoms with Crippen LogP contribution in [-0.4, -0.2) is 63.4 Å². The van der Waals surface area contributed by atoms with Crippen LogP contribution < -0.4 is 16.2 Å². The fourth-order valence-electron chi connectivity index (χ4n) is 5.62. The summed E-state index contributed by atoms with van der Waals surface area (Å²) in [5, 5.41) is 0. The third-order valence-corrected chi connectivity index (χ3v) is 7.77. The quantitative estimate of drug-likeness (QED) is 0.312. The molecule has 1 fully saturated rings. The van der Waals surface area contributed by atoms with E-state index in [-0.39, 0.29) is 12.0 Å². The number of aryl methyl sites for hydroxylation is 2. The van der Waals surface area contributed by atoms with Crippen LogP contribution >= 0.6 is 0 Å². The van der Waals surface area contributed by atoms with Crippen molar-refractivity contribution in [2.75, 3.05) is 37.6 Å². The van der Waals surface area contributed by atoms with Crippen molar-refractivity contribution in [3.63, 3.8) is 0 Å². The lowest BCUT2D eigenvalue weighted by molar-refractivity contribution is -0.106. The minimum atomic E-state index is 0.00499. The molecule has 0 aromatic carbocycles. The van der Waals surface area contributed by atoms with Gasteiger partial charge in [0.2, 0.25) is 6.41 Å². The van der Waals surface area contributed by atoms with E-state index in [1.807, 2.05) is 19.4 Å². The lowest BCUT2D eigenvalue weighted by Crippen LogP contribution is -2.46. The van der Waals surface area contributed by atoms with Crippen molar-refractivity contribution in [2.45, 2.75) is 59.8 Å². The number of piperazine rings is 1. The predicted molar refractivity (Wildman–Crippen MR) is 166 cm³/mol. The van der Waals surface area contributed by atoms with E-state index in [9.17, 15) is 4.79 Å². The van der Waals surface area contributed by atoms with Gasteiger partial charge in [-0.3, -0.25) is 9.59 Å². The highest BCUT2D eigenvalue weighted by molar-refractivity contribution is 5.72. The number of aromatic amines is 1. The molecular formula is C32H43N7O2. The molecule has 0 saturated carbocycles. The van der Waals surface area contributed by atoms with Gasteiger partial charge < -0.3 is 24.9 Å². The number of pyridine rings is 3. The molecule has 218 valence electrons. The van der Waals surface area contributed by atoms with Crippen molar-refractivity contribution in [3.8, 4) is 11.1 Å². The van der Waals surface area contributed by atoms with Gasteiger partial charge in [-0.2, -0.15) is 0 Å². The Bertz CT molecular complexity index is 1510. The zero-order valence-electron chi connectivity index (χ0n) is 25.0. The molecular weight excluding hydrogens is 514 g/mol. The van der Waals surface area contributed by atoms with Crippen molar-refractivity contribution in [2.24, 2.45) is 5.73 Å². The molecule has 3 N–H and O–H groups in total. The van der Waals surface area contributed by atoms with Gasteiger partial charge >= 0.3 is 0 Å². The Labute approximate surface area is 242 Å². The van der Waals surface area contributed by atoms with Gasteiger partial charge in [-0.25, -0.2) is 9.97 Å².